The lowest BCUT2D eigenvalue weighted by molar-refractivity contribution is 0.152. The van der Waals surface area contributed by atoms with E-state index in [0.717, 1.165) is 11.3 Å². The van der Waals surface area contributed by atoms with Crippen molar-refractivity contribution in [2.75, 3.05) is 17.2 Å². The van der Waals surface area contributed by atoms with Crippen molar-refractivity contribution in [2.45, 2.75) is 20.3 Å². The highest BCUT2D eigenvalue weighted by Crippen LogP contribution is 2.35. The fourth-order valence-corrected chi connectivity index (χ4v) is 2.21. The van der Waals surface area contributed by atoms with Crippen molar-refractivity contribution in [1.82, 2.24) is 0 Å². The molecule has 2 nitrogen and oxygen atoms in total. The Morgan fingerprint density at radius 1 is 1.10 bits per heavy atom. The van der Waals surface area contributed by atoms with E-state index in [0.29, 0.717) is 17.9 Å². The molecular weight excluding hydrogens is 258 g/mol. The van der Waals surface area contributed by atoms with E-state index in [2.05, 4.69) is 0 Å². The quantitative estimate of drug-likeness (QED) is 0.822. The molecule has 20 heavy (non-hydrogen) atoms. The first kappa shape index (κ1) is 14.3. The highest BCUT2D eigenvalue weighted by Gasteiger charge is 2.18. The van der Waals surface area contributed by atoms with Gasteiger partial charge in [-0.2, -0.15) is 0 Å². The van der Waals surface area contributed by atoms with Gasteiger partial charge in [-0.15, -0.1) is 0 Å². The van der Waals surface area contributed by atoms with Crippen LogP contribution in [-0.2, 0) is 0 Å². The lowest BCUT2D eigenvalue weighted by Crippen LogP contribution is -2.18. The molecule has 2 aromatic carbocycles. The Balaban J connectivity index is 2.49. The van der Waals surface area contributed by atoms with Crippen LogP contribution in [0.25, 0.3) is 0 Å². The topological polar surface area (TPSA) is 29.3 Å². The van der Waals surface area contributed by atoms with Crippen LogP contribution < -0.4 is 10.6 Å². The second-order valence-corrected chi connectivity index (χ2v) is 4.70. The molecule has 0 aliphatic rings. The summed E-state index contributed by atoms with van der Waals surface area (Å²) in [7, 11) is 0. The molecule has 2 aromatic rings. The molecule has 0 spiro atoms. The SMILES string of the molecule is CCN(c1ccc(C)cc1)c1ccc(N)cc1C(F)F. The minimum Gasteiger partial charge on any atom is -0.399 e. The number of nitrogens with two attached hydrogens (primary N) is 1. The van der Waals surface area contributed by atoms with E-state index >= 15 is 0 Å². The number of alkyl halides is 2. The number of nitrogens with zero attached hydrogens (tertiary/aromatic N) is 1. The first-order valence-corrected chi connectivity index (χ1v) is 6.54. The zero-order chi connectivity index (χ0) is 14.7. The monoisotopic (exact) mass is 276 g/mol. The zero-order valence-electron chi connectivity index (χ0n) is 11.6. The Morgan fingerprint density at radius 3 is 2.30 bits per heavy atom. The maximum Gasteiger partial charge on any atom is 0.265 e. The number of anilines is 3. The number of halogens is 2. The van der Waals surface area contributed by atoms with E-state index in [1.54, 1.807) is 12.1 Å². The third-order valence-electron chi connectivity index (χ3n) is 3.24. The van der Waals surface area contributed by atoms with Gasteiger partial charge in [-0.25, -0.2) is 8.78 Å². The molecule has 0 fully saturated rings. The van der Waals surface area contributed by atoms with Crippen molar-refractivity contribution in [1.29, 1.82) is 0 Å². The summed E-state index contributed by atoms with van der Waals surface area (Å²) < 4.78 is 26.4. The molecule has 0 atom stereocenters. The summed E-state index contributed by atoms with van der Waals surface area (Å²) in [4.78, 5) is 1.86. The van der Waals surface area contributed by atoms with Crippen molar-refractivity contribution >= 4 is 17.1 Å². The fraction of sp³-hybridized carbons (Fsp3) is 0.250. The highest BCUT2D eigenvalue weighted by molar-refractivity contribution is 5.69. The third-order valence-corrected chi connectivity index (χ3v) is 3.24. The van der Waals surface area contributed by atoms with Crippen LogP contribution in [0.15, 0.2) is 42.5 Å². The highest BCUT2D eigenvalue weighted by atomic mass is 19.3. The van der Waals surface area contributed by atoms with Gasteiger partial charge in [0.2, 0.25) is 0 Å². The Kier molecular flexibility index (Phi) is 4.23. The Hall–Kier alpha value is -2.10. The third kappa shape index (κ3) is 2.90. The molecule has 0 bridgehead atoms. The Morgan fingerprint density at radius 2 is 1.75 bits per heavy atom. The van der Waals surface area contributed by atoms with Gasteiger partial charge in [0.1, 0.15) is 0 Å². The van der Waals surface area contributed by atoms with Gasteiger partial charge < -0.3 is 10.6 Å². The lowest BCUT2D eigenvalue weighted by Gasteiger charge is -2.26. The van der Waals surface area contributed by atoms with Gasteiger partial charge in [0.15, 0.2) is 0 Å². The van der Waals surface area contributed by atoms with Gasteiger partial charge >= 0.3 is 0 Å². The summed E-state index contributed by atoms with van der Waals surface area (Å²) in [6.45, 7) is 4.53. The van der Waals surface area contributed by atoms with Crippen LogP contribution in [0.1, 0.15) is 24.5 Å². The van der Waals surface area contributed by atoms with Gasteiger partial charge in [0.25, 0.3) is 6.43 Å². The van der Waals surface area contributed by atoms with E-state index in [1.807, 2.05) is 43.0 Å². The van der Waals surface area contributed by atoms with Crippen LogP contribution >= 0.6 is 0 Å². The summed E-state index contributed by atoms with van der Waals surface area (Å²) in [5.74, 6) is 0. The lowest BCUT2D eigenvalue weighted by atomic mass is 10.1. The van der Waals surface area contributed by atoms with E-state index in [4.69, 9.17) is 5.73 Å². The van der Waals surface area contributed by atoms with Crippen molar-refractivity contribution < 1.29 is 8.78 Å². The van der Waals surface area contributed by atoms with Crippen LogP contribution in [0.2, 0.25) is 0 Å². The molecule has 2 N–H and O–H groups in total. The average Bonchev–Trinajstić information content (AvgIpc) is 2.43. The van der Waals surface area contributed by atoms with E-state index in [-0.39, 0.29) is 5.56 Å². The Bertz CT molecular complexity index is 580. The molecule has 0 aromatic heterocycles. The van der Waals surface area contributed by atoms with Crippen LogP contribution in [0.4, 0.5) is 25.8 Å². The number of aryl methyl sites for hydroxylation is 1. The maximum absolute atomic E-state index is 13.2. The smallest absolute Gasteiger partial charge is 0.265 e. The summed E-state index contributed by atoms with van der Waals surface area (Å²) in [6.07, 6.45) is -2.55. The Labute approximate surface area is 117 Å². The van der Waals surface area contributed by atoms with Gasteiger partial charge in [-0.3, -0.25) is 0 Å². The summed E-state index contributed by atoms with van der Waals surface area (Å²) in [5, 5.41) is 0. The predicted molar refractivity (Wildman–Crippen MR) is 79.7 cm³/mol. The van der Waals surface area contributed by atoms with Crippen molar-refractivity contribution in [2.24, 2.45) is 0 Å². The molecule has 0 heterocycles. The number of benzene rings is 2. The van der Waals surface area contributed by atoms with E-state index in [9.17, 15) is 8.78 Å². The minimum atomic E-state index is -2.55. The van der Waals surface area contributed by atoms with Gasteiger partial charge in [-0.05, 0) is 44.2 Å². The summed E-state index contributed by atoms with van der Waals surface area (Å²) in [6, 6.07) is 12.5. The van der Waals surface area contributed by atoms with Gasteiger partial charge in [0.05, 0.1) is 5.69 Å². The van der Waals surface area contributed by atoms with Crippen LogP contribution in [0, 0.1) is 6.92 Å². The van der Waals surface area contributed by atoms with Gasteiger partial charge in [-0.1, -0.05) is 17.7 Å². The molecule has 0 amide bonds. The maximum atomic E-state index is 13.2. The molecule has 0 unspecified atom stereocenters. The van der Waals surface area contributed by atoms with E-state index < -0.39 is 6.43 Å². The van der Waals surface area contributed by atoms with Gasteiger partial charge in [0, 0.05) is 23.5 Å². The van der Waals surface area contributed by atoms with Crippen LogP contribution in [0.3, 0.4) is 0 Å². The van der Waals surface area contributed by atoms with Crippen molar-refractivity contribution in [3.63, 3.8) is 0 Å². The molecule has 2 rings (SSSR count). The molecule has 0 aliphatic heterocycles. The molecule has 0 radical (unpaired) electrons. The zero-order valence-corrected chi connectivity index (χ0v) is 11.6. The van der Waals surface area contributed by atoms with Crippen LogP contribution in [0.5, 0.6) is 0 Å². The normalized spacial score (nSPS) is 10.8. The number of nitrogen functional groups attached to an aromatic ring is 1. The van der Waals surface area contributed by atoms with Crippen LogP contribution in [-0.4, -0.2) is 6.54 Å². The molecule has 0 saturated carbocycles. The summed E-state index contributed by atoms with van der Waals surface area (Å²) in [5.41, 5.74) is 8.46. The molecular formula is C16H18F2N2. The molecule has 0 aliphatic carbocycles. The minimum absolute atomic E-state index is 0.0348. The summed E-state index contributed by atoms with van der Waals surface area (Å²) >= 11 is 0. The average molecular weight is 276 g/mol. The first-order chi connectivity index (χ1) is 9.52. The number of rotatable bonds is 4. The number of hydrogen-bond acceptors (Lipinski definition) is 2. The standard InChI is InChI=1S/C16H18F2N2/c1-3-20(13-7-4-11(2)5-8-13)15-9-6-12(19)10-14(15)16(17)18/h4-10,16H,3,19H2,1-2H3. The van der Waals surface area contributed by atoms with Crippen molar-refractivity contribution in [3.8, 4) is 0 Å². The second-order valence-electron chi connectivity index (χ2n) is 4.70. The second kappa shape index (κ2) is 5.90. The van der Waals surface area contributed by atoms with Crippen molar-refractivity contribution in [3.05, 3.63) is 53.6 Å². The largest absolute Gasteiger partial charge is 0.399 e. The number of hydrogen-bond donors (Lipinski definition) is 1. The first-order valence-electron chi connectivity index (χ1n) is 6.54. The molecule has 4 heteroatoms. The fourth-order valence-electron chi connectivity index (χ4n) is 2.21. The molecule has 0 saturated heterocycles. The predicted octanol–water partition coefficient (Wildman–Crippen LogP) is 4.67. The van der Waals surface area contributed by atoms with E-state index in [1.165, 1.54) is 6.07 Å². The molecule has 106 valence electrons.